The van der Waals surface area contributed by atoms with Crippen molar-refractivity contribution in [3.63, 3.8) is 0 Å². The number of rotatable bonds is 4. The summed E-state index contributed by atoms with van der Waals surface area (Å²) in [7, 11) is 0. The molecule has 1 aliphatic heterocycles. The molecule has 1 fully saturated rings. The van der Waals surface area contributed by atoms with Crippen LogP contribution in [0.15, 0.2) is 36.0 Å². The molecule has 1 aromatic rings. The number of carbonyl (C=O) groups excluding carboxylic acids is 3. The van der Waals surface area contributed by atoms with Crippen LogP contribution in [-0.2, 0) is 9.53 Å². The molecule has 0 atom stereocenters. The van der Waals surface area contributed by atoms with Gasteiger partial charge in [-0.2, -0.15) is 5.26 Å². The number of nitriles is 1. The number of nitrogens with one attached hydrogen (secondary N) is 1. The van der Waals surface area contributed by atoms with Gasteiger partial charge < -0.3 is 19.9 Å². The molecule has 0 aromatic heterocycles. The number of benzene rings is 1. The van der Waals surface area contributed by atoms with Gasteiger partial charge in [0.05, 0.1) is 0 Å². The molecule has 0 bridgehead atoms. The summed E-state index contributed by atoms with van der Waals surface area (Å²) >= 11 is 0. The van der Waals surface area contributed by atoms with Gasteiger partial charge in [-0.05, 0) is 52.0 Å². The highest BCUT2D eigenvalue weighted by Crippen LogP contribution is 2.14. The van der Waals surface area contributed by atoms with E-state index < -0.39 is 11.5 Å². The first-order valence-electron chi connectivity index (χ1n) is 9.35. The third-order valence-electron chi connectivity index (χ3n) is 4.19. The van der Waals surface area contributed by atoms with E-state index in [1.165, 1.54) is 13.1 Å². The largest absolute Gasteiger partial charge is 0.444 e. The van der Waals surface area contributed by atoms with Crippen molar-refractivity contribution >= 4 is 23.5 Å². The number of hydrogen-bond donors (Lipinski definition) is 1. The van der Waals surface area contributed by atoms with Crippen LogP contribution >= 0.6 is 0 Å². The predicted molar refractivity (Wildman–Crippen MR) is 108 cm³/mol. The van der Waals surface area contributed by atoms with Crippen LogP contribution in [0.1, 0.15) is 38.1 Å². The predicted octanol–water partition coefficient (Wildman–Crippen LogP) is 2.79. The molecule has 1 N–H and O–H groups in total. The average Bonchev–Trinajstić information content (AvgIpc) is 2.65. The number of ketones is 1. The lowest BCUT2D eigenvalue weighted by Crippen LogP contribution is -2.48. The topological polar surface area (TPSA) is 103 Å². The van der Waals surface area contributed by atoms with E-state index in [9.17, 15) is 19.6 Å². The lowest BCUT2D eigenvalue weighted by Gasteiger charge is -2.35. The number of amides is 2. The van der Waals surface area contributed by atoms with Crippen LogP contribution in [-0.4, -0.2) is 59.4 Å². The van der Waals surface area contributed by atoms with E-state index in [1.807, 2.05) is 31.7 Å². The van der Waals surface area contributed by atoms with Gasteiger partial charge in [0.1, 0.15) is 17.2 Å². The van der Waals surface area contributed by atoms with Gasteiger partial charge in [-0.3, -0.25) is 9.59 Å². The van der Waals surface area contributed by atoms with Crippen molar-refractivity contribution in [2.24, 2.45) is 0 Å². The van der Waals surface area contributed by atoms with Crippen molar-refractivity contribution in [1.82, 2.24) is 9.80 Å². The van der Waals surface area contributed by atoms with Crippen LogP contribution in [0, 0.1) is 11.3 Å². The van der Waals surface area contributed by atoms with Crippen molar-refractivity contribution < 1.29 is 19.1 Å². The highest BCUT2D eigenvalue weighted by atomic mass is 16.6. The van der Waals surface area contributed by atoms with Gasteiger partial charge in [0.2, 0.25) is 0 Å². The van der Waals surface area contributed by atoms with E-state index in [0.29, 0.717) is 37.4 Å². The molecule has 8 nitrogen and oxygen atoms in total. The van der Waals surface area contributed by atoms with Crippen LogP contribution in [0.25, 0.3) is 0 Å². The van der Waals surface area contributed by atoms with Gasteiger partial charge in [0.25, 0.3) is 5.91 Å². The van der Waals surface area contributed by atoms with Crippen molar-refractivity contribution in [1.29, 1.82) is 5.26 Å². The van der Waals surface area contributed by atoms with E-state index in [1.54, 1.807) is 29.2 Å². The number of piperazine rings is 1. The summed E-state index contributed by atoms with van der Waals surface area (Å²) in [5.74, 6) is -0.594. The van der Waals surface area contributed by atoms with E-state index in [-0.39, 0.29) is 17.4 Å². The molecule has 1 saturated heterocycles. The first-order chi connectivity index (χ1) is 13.6. The lowest BCUT2D eigenvalue weighted by atomic mass is 10.1. The van der Waals surface area contributed by atoms with Crippen LogP contribution in [0.2, 0.25) is 0 Å². The summed E-state index contributed by atoms with van der Waals surface area (Å²) in [6.45, 7) is 8.78. The Morgan fingerprint density at radius 2 is 1.69 bits per heavy atom. The van der Waals surface area contributed by atoms with Crippen molar-refractivity contribution in [2.75, 3.05) is 31.5 Å². The van der Waals surface area contributed by atoms with E-state index in [4.69, 9.17) is 4.74 Å². The van der Waals surface area contributed by atoms with Gasteiger partial charge >= 0.3 is 6.09 Å². The number of hydrogen-bond acceptors (Lipinski definition) is 6. The molecule has 1 heterocycles. The van der Waals surface area contributed by atoms with E-state index in [0.717, 1.165) is 0 Å². The van der Waals surface area contributed by atoms with E-state index in [2.05, 4.69) is 5.32 Å². The maximum Gasteiger partial charge on any atom is 0.410 e. The number of anilines is 1. The minimum absolute atomic E-state index is 0.0358. The molecule has 29 heavy (non-hydrogen) atoms. The quantitative estimate of drug-likeness (QED) is 0.475. The molecule has 2 rings (SSSR count). The molecule has 1 aromatic carbocycles. The Labute approximate surface area is 170 Å². The maximum atomic E-state index is 12.4. The zero-order valence-corrected chi connectivity index (χ0v) is 17.2. The lowest BCUT2D eigenvalue weighted by molar-refractivity contribution is -0.112. The van der Waals surface area contributed by atoms with Crippen molar-refractivity contribution in [2.45, 2.75) is 33.3 Å². The number of Topliss-reactive ketones (excluding diaryl/α,β-unsaturated/α-hetero) is 1. The minimum atomic E-state index is -0.553. The Kier molecular flexibility index (Phi) is 6.99. The van der Waals surface area contributed by atoms with Crippen LogP contribution in [0.5, 0.6) is 0 Å². The Morgan fingerprint density at radius 1 is 1.10 bits per heavy atom. The average molecular weight is 398 g/mol. The zero-order valence-electron chi connectivity index (χ0n) is 17.2. The fourth-order valence-electron chi connectivity index (χ4n) is 2.67. The molecule has 0 radical (unpaired) electrons. The SMILES string of the molecule is CC(=O)c1ccc(NC(=O)/C(C#N)=C\N2CCN(C(=O)OC(C)(C)C)CC2)cc1. The second-order valence-corrected chi connectivity index (χ2v) is 7.75. The summed E-state index contributed by atoms with van der Waals surface area (Å²) in [4.78, 5) is 39.2. The van der Waals surface area contributed by atoms with Crippen LogP contribution < -0.4 is 5.32 Å². The number of ether oxygens (including phenoxy) is 1. The highest BCUT2D eigenvalue weighted by Gasteiger charge is 2.25. The monoisotopic (exact) mass is 398 g/mol. The maximum absolute atomic E-state index is 12.4. The smallest absolute Gasteiger partial charge is 0.410 e. The number of carbonyl (C=O) groups is 3. The fraction of sp³-hybridized carbons (Fsp3) is 0.429. The first-order valence-corrected chi connectivity index (χ1v) is 9.35. The molecular weight excluding hydrogens is 372 g/mol. The van der Waals surface area contributed by atoms with Gasteiger partial charge in [-0.1, -0.05) is 0 Å². The Bertz CT molecular complexity index is 839. The molecule has 0 unspecified atom stereocenters. The van der Waals surface area contributed by atoms with Crippen LogP contribution in [0.3, 0.4) is 0 Å². The molecule has 0 spiro atoms. The normalized spacial score (nSPS) is 14.8. The Morgan fingerprint density at radius 3 is 2.17 bits per heavy atom. The molecule has 154 valence electrons. The minimum Gasteiger partial charge on any atom is -0.444 e. The summed E-state index contributed by atoms with van der Waals surface area (Å²) in [5, 5.41) is 12.0. The second kappa shape index (κ2) is 9.24. The Hall–Kier alpha value is -3.34. The Balaban J connectivity index is 1.94. The third kappa shape index (κ3) is 6.64. The van der Waals surface area contributed by atoms with Gasteiger partial charge in [0, 0.05) is 43.6 Å². The van der Waals surface area contributed by atoms with Crippen LogP contribution in [0.4, 0.5) is 10.5 Å². The molecule has 0 aliphatic carbocycles. The van der Waals surface area contributed by atoms with Gasteiger partial charge in [-0.25, -0.2) is 4.79 Å². The first kappa shape index (κ1) is 22.0. The fourth-order valence-corrected chi connectivity index (χ4v) is 2.67. The summed E-state index contributed by atoms with van der Waals surface area (Å²) in [6, 6.07) is 8.37. The third-order valence-corrected chi connectivity index (χ3v) is 4.19. The zero-order chi connectivity index (χ0) is 21.6. The summed E-state index contributed by atoms with van der Waals surface area (Å²) in [6.07, 6.45) is 1.14. The van der Waals surface area contributed by atoms with Gasteiger partial charge in [0.15, 0.2) is 5.78 Å². The second-order valence-electron chi connectivity index (χ2n) is 7.75. The highest BCUT2D eigenvalue weighted by molar-refractivity contribution is 6.06. The molecule has 1 aliphatic rings. The van der Waals surface area contributed by atoms with Crippen molar-refractivity contribution in [3.8, 4) is 6.07 Å². The van der Waals surface area contributed by atoms with E-state index >= 15 is 0 Å². The van der Waals surface area contributed by atoms with Gasteiger partial charge in [-0.15, -0.1) is 0 Å². The molecular formula is C21H26N4O4. The molecule has 8 heteroatoms. The summed E-state index contributed by atoms with van der Waals surface area (Å²) < 4.78 is 5.36. The van der Waals surface area contributed by atoms with Crippen molar-refractivity contribution in [3.05, 3.63) is 41.6 Å². The summed E-state index contributed by atoms with van der Waals surface area (Å²) in [5.41, 5.74) is 0.451. The molecule has 2 amide bonds. The molecule has 0 saturated carbocycles. The number of nitrogens with zero attached hydrogens (tertiary/aromatic N) is 3. The standard InChI is InChI=1S/C21H26N4O4/c1-15(26)16-5-7-18(8-6-16)23-19(27)17(13-22)14-24-9-11-25(12-10-24)20(28)29-21(2,3)4/h5-8,14H,9-12H2,1-4H3,(H,23,27)/b17-14-.